The van der Waals surface area contributed by atoms with E-state index in [2.05, 4.69) is 0 Å². The molecule has 32 heavy (non-hydrogen) atoms. The van der Waals surface area contributed by atoms with Crippen LogP contribution >= 0.6 is 11.6 Å². The van der Waals surface area contributed by atoms with Crippen molar-refractivity contribution >= 4 is 34.7 Å². The van der Waals surface area contributed by atoms with Gasteiger partial charge in [0.2, 0.25) is 0 Å². The van der Waals surface area contributed by atoms with E-state index in [0.29, 0.717) is 33.3 Å². The fourth-order valence-electron chi connectivity index (χ4n) is 3.79. The summed E-state index contributed by atoms with van der Waals surface area (Å²) in [4.78, 5) is 27.7. The zero-order chi connectivity index (χ0) is 22.8. The highest BCUT2D eigenvalue weighted by atomic mass is 35.5. The largest absolute Gasteiger partial charge is 0.507 e. The van der Waals surface area contributed by atoms with Gasteiger partial charge in [0, 0.05) is 27.9 Å². The molecule has 1 aliphatic heterocycles. The van der Waals surface area contributed by atoms with Crippen LogP contribution in [0.4, 0.5) is 5.69 Å². The molecular weight excluding hydrogens is 430 g/mol. The first-order chi connectivity index (χ1) is 15.5. The summed E-state index contributed by atoms with van der Waals surface area (Å²) in [6, 6.07) is 19.4. The molecule has 4 rings (SSSR count). The van der Waals surface area contributed by atoms with Gasteiger partial charge in [0.25, 0.3) is 11.7 Å². The van der Waals surface area contributed by atoms with E-state index in [0.717, 1.165) is 0 Å². The summed E-state index contributed by atoms with van der Waals surface area (Å²) >= 11 is 5.97. The minimum atomic E-state index is -0.908. The lowest BCUT2D eigenvalue weighted by Gasteiger charge is -2.26. The predicted molar refractivity (Wildman–Crippen MR) is 122 cm³/mol. The Bertz CT molecular complexity index is 1200. The number of aliphatic hydroxyl groups is 1. The van der Waals surface area contributed by atoms with Gasteiger partial charge in [-0.05, 0) is 48.5 Å². The number of methoxy groups -OCH3 is 2. The number of para-hydroxylation sites is 1. The number of aliphatic hydroxyl groups excluding tert-OH is 1. The van der Waals surface area contributed by atoms with Crippen LogP contribution in [0.25, 0.3) is 5.76 Å². The number of amides is 1. The number of ketones is 1. The van der Waals surface area contributed by atoms with Crippen molar-refractivity contribution in [3.63, 3.8) is 0 Å². The second kappa shape index (κ2) is 8.77. The van der Waals surface area contributed by atoms with Gasteiger partial charge in [0.15, 0.2) is 0 Å². The maximum Gasteiger partial charge on any atom is 0.300 e. The second-order valence-corrected chi connectivity index (χ2v) is 7.56. The van der Waals surface area contributed by atoms with Gasteiger partial charge in [0.1, 0.15) is 17.3 Å². The number of ether oxygens (including phenoxy) is 2. The van der Waals surface area contributed by atoms with Gasteiger partial charge in [-0.1, -0.05) is 29.8 Å². The molecule has 1 atom stereocenters. The van der Waals surface area contributed by atoms with Crippen molar-refractivity contribution in [1.82, 2.24) is 0 Å². The van der Waals surface area contributed by atoms with E-state index in [4.69, 9.17) is 21.1 Å². The topological polar surface area (TPSA) is 76.1 Å². The van der Waals surface area contributed by atoms with Crippen LogP contribution in [0.5, 0.6) is 11.5 Å². The first kappa shape index (κ1) is 21.5. The highest BCUT2D eigenvalue weighted by Crippen LogP contribution is 2.45. The molecule has 1 fully saturated rings. The quantitative estimate of drug-likeness (QED) is 0.337. The van der Waals surface area contributed by atoms with Crippen LogP contribution < -0.4 is 14.4 Å². The predicted octanol–water partition coefficient (Wildman–Crippen LogP) is 4.98. The Kier molecular flexibility index (Phi) is 5.88. The van der Waals surface area contributed by atoms with Gasteiger partial charge in [0.05, 0.1) is 25.8 Å². The normalized spacial score (nSPS) is 17.5. The van der Waals surface area contributed by atoms with E-state index in [1.54, 1.807) is 66.7 Å². The number of rotatable bonds is 5. The van der Waals surface area contributed by atoms with Crippen LogP contribution in [0.3, 0.4) is 0 Å². The molecule has 0 aromatic heterocycles. The molecule has 0 unspecified atom stereocenters. The Morgan fingerprint density at radius 2 is 1.62 bits per heavy atom. The van der Waals surface area contributed by atoms with E-state index < -0.39 is 17.7 Å². The average molecular weight is 450 g/mol. The van der Waals surface area contributed by atoms with Crippen LogP contribution in [0, 0.1) is 0 Å². The van der Waals surface area contributed by atoms with E-state index in [1.807, 2.05) is 6.07 Å². The van der Waals surface area contributed by atoms with Crippen molar-refractivity contribution in [2.45, 2.75) is 6.04 Å². The van der Waals surface area contributed by atoms with Gasteiger partial charge in [-0.2, -0.15) is 0 Å². The Morgan fingerprint density at radius 1 is 0.938 bits per heavy atom. The zero-order valence-corrected chi connectivity index (χ0v) is 18.2. The first-order valence-corrected chi connectivity index (χ1v) is 10.2. The van der Waals surface area contributed by atoms with Gasteiger partial charge < -0.3 is 14.6 Å². The van der Waals surface area contributed by atoms with Crippen molar-refractivity contribution in [1.29, 1.82) is 0 Å². The highest BCUT2D eigenvalue weighted by molar-refractivity contribution is 6.51. The number of anilines is 1. The molecule has 1 N–H and O–H groups in total. The van der Waals surface area contributed by atoms with E-state index in [9.17, 15) is 14.7 Å². The molecule has 0 saturated carbocycles. The van der Waals surface area contributed by atoms with Gasteiger partial charge in [-0.3, -0.25) is 14.5 Å². The van der Waals surface area contributed by atoms with Gasteiger partial charge in [-0.25, -0.2) is 0 Å². The van der Waals surface area contributed by atoms with Crippen molar-refractivity contribution in [2.75, 3.05) is 19.1 Å². The number of carbonyl (C=O) groups excluding carboxylic acids is 2. The average Bonchev–Trinajstić information content (AvgIpc) is 3.09. The zero-order valence-electron chi connectivity index (χ0n) is 17.4. The molecule has 0 radical (unpaired) electrons. The fraction of sp³-hybridized carbons (Fsp3) is 0.120. The molecule has 1 amide bonds. The van der Waals surface area contributed by atoms with Crippen molar-refractivity contribution in [2.24, 2.45) is 0 Å². The Morgan fingerprint density at radius 3 is 2.25 bits per heavy atom. The number of nitrogens with zero attached hydrogens (tertiary/aromatic N) is 1. The fourth-order valence-corrected chi connectivity index (χ4v) is 3.92. The van der Waals surface area contributed by atoms with Crippen LogP contribution in [0.1, 0.15) is 17.2 Å². The monoisotopic (exact) mass is 449 g/mol. The summed E-state index contributed by atoms with van der Waals surface area (Å²) in [5.74, 6) is -0.848. The van der Waals surface area contributed by atoms with Crippen molar-refractivity contribution in [3.05, 3.63) is 94.5 Å². The van der Waals surface area contributed by atoms with E-state index >= 15 is 0 Å². The molecular formula is C25H20ClNO5. The van der Waals surface area contributed by atoms with Crippen LogP contribution in [-0.2, 0) is 9.59 Å². The maximum atomic E-state index is 13.2. The molecule has 162 valence electrons. The molecule has 0 aliphatic carbocycles. The second-order valence-electron chi connectivity index (χ2n) is 7.12. The maximum absolute atomic E-state index is 13.2. The Labute approximate surface area is 190 Å². The number of halogens is 1. The molecule has 1 heterocycles. The Hall–Kier alpha value is -3.77. The van der Waals surface area contributed by atoms with E-state index in [1.165, 1.54) is 19.1 Å². The molecule has 0 bridgehead atoms. The highest BCUT2D eigenvalue weighted by Gasteiger charge is 2.48. The number of hydrogen-bond acceptors (Lipinski definition) is 5. The minimum Gasteiger partial charge on any atom is -0.507 e. The molecule has 3 aromatic carbocycles. The summed E-state index contributed by atoms with van der Waals surface area (Å²) in [5, 5.41) is 11.6. The molecule has 1 saturated heterocycles. The number of benzene rings is 3. The van der Waals surface area contributed by atoms with Crippen molar-refractivity contribution < 1.29 is 24.2 Å². The Balaban J connectivity index is 1.98. The van der Waals surface area contributed by atoms with Crippen LogP contribution in [0.2, 0.25) is 5.02 Å². The van der Waals surface area contributed by atoms with E-state index in [-0.39, 0.29) is 11.3 Å². The molecule has 3 aromatic rings. The number of Topliss-reactive ketones (excluding diaryl/α,β-unsaturated/α-hetero) is 1. The third kappa shape index (κ3) is 3.69. The number of carbonyl (C=O) groups is 2. The smallest absolute Gasteiger partial charge is 0.300 e. The third-order valence-electron chi connectivity index (χ3n) is 5.33. The van der Waals surface area contributed by atoms with Crippen molar-refractivity contribution in [3.8, 4) is 11.5 Å². The first-order valence-electron chi connectivity index (χ1n) is 9.80. The summed E-state index contributed by atoms with van der Waals surface area (Å²) in [5.41, 5.74) is 1.39. The minimum absolute atomic E-state index is 0.0374. The van der Waals surface area contributed by atoms with Gasteiger partial charge in [-0.15, -0.1) is 0 Å². The molecule has 7 heteroatoms. The standard InChI is InChI=1S/C25H20ClNO5/c1-31-18-12-13-19(20(14-18)32-2)22-21(23(28)15-8-10-16(26)11-9-15)24(29)25(30)27(22)17-6-4-3-5-7-17/h3-14,22,28H,1-2H3/t22-/m1/s1. The summed E-state index contributed by atoms with van der Waals surface area (Å²) < 4.78 is 10.8. The lowest BCUT2D eigenvalue weighted by Crippen LogP contribution is -2.29. The summed E-state index contributed by atoms with van der Waals surface area (Å²) in [7, 11) is 3.02. The summed E-state index contributed by atoms with van der Waals surface area (Å²) in [6.45, 7) is 0. The molecule has 6 nitrogen and oxygen atoms in total. The molecule has 1 aliphatic rings. The lowest BCUT2D eigenvalue weighted by molar-refractivity contribution is -0.132. The third-order valence-corrected chi connectivity index (χ3v) is 5.58. The lowest BCUT2D eigenvalue weighted by atomic mass is 9.94. The number of hydrogen-bond donors (Lipinski definition) is 1. The summed E-state index contributed by atoms with van der Waals surface area (Å²) in [6.07, 6.45) is 0. The van der Waals surface area contributed by atoms with Gasteiger partial charge >= 0.3 is 0 Å². The molecule has 0 spiro atoms. The SMILES string of the molecule is COc1ccc([C@@H]2C(=C(O)c3ccc(Cl)cc3)C(=O)C(=O)N2c2ccccc2)c(OC)c1. The van der Waals surface area contributed by atoms with Crippen LogP contribution in [0.15, 0.2) is 78.4 Å². The van der Waals surface area contributed by atoms with Crippen LogP contribution in [-0.4, -0.2) is 31.0 Å².